The van der Waals surface area contributed by atoms with Crippen LogP contribution in [0, 0.1) is 5.92 Å². The number of fused-ring (bicyclic) bond motifs is 1. The number of nitrogens with zero attached hydrogens (tertiary/aromatic N) is 2. The van der Waals surface area contributed by atoms with E-state index >= 15 is 0 Å². The van der Waals surface area contributed by atoms with Gasteiger partial charge in [-0.15, -0.1) is 12.4 Å². The average molecular weight is 513 g/mol. The summed E-state index contributed by atoms with van der Waals surface area (Å²) in [5.41, 5.74) is 2.61. The van der Waals surface area contributed by atoms with E-state index in [2.05, 4.69) is 10.6 Å². The van der Waals surface area contributed by atoms with Crippen LogP contribution in [0.2, 0.25) is 5.02 Å². The molecule has 34 heavy (non-hydrogen) atoms. The molecule has 1 aromatic heterocycles. The topological polar surface area (TPSA) is 59.0 Å². The second-order valence-corrected chi connectivity index (χ2v) is 8.74. The average Bonchev–Trinajstić information content (AvgIpc) is 3.03. The number of alkyl halides is 3. The Hall–Kier alpha value is -2.55. The molecule has 0 radical (unpaired) electrons. The van der Waals surface area contributed by atoms with Gasteiger partial charge in [-0.05, 0) is 37.2 Å². The summed E-state index contributed by atoms with van der Waals surface area (Å²) in [7, 11) is 0. The van der Waals surface area contributed by atoms with Gasteiger partial charge in [0.05, 0.1) is 33.7 Å². The van der Waals surface area contributed by atoms with Gasteiger partial charge < -0.3 is 10.6 Å². The Bertz CT molecular complexity index is 1160. The summed E-state index contributed by atoms with van der Waals surface area (Å²) in [6, 6.07) is 11.8. The minimum Gasteiger partial charge on any atom is -0.347 e. The smallest absolute Gasteiger partial charge is 0.347 e. The Labute approximate surface area is 207 Å². The fourth-order valence-electron chi connectivity index (χ4n) is 3.91. The van der Waals surface area contributed by atoms with Crippen molar-refractivity contribution in [1.29, 1.82) is 0 Å². The molecule has 182 valence electrons. The van der Waals surface area contributed by atoms with Crippen molar-refractivity contribution in [1.82, 2.24) is 20.4 Å². The highest BCUT2D eigenvalue weighted by Crippen LogP contribution is 2.37. The minimum absolute atomic E-state index is 0. The van der Waals surface area contributed by atoms with E-state index in [4.69, 9.17) is 16.7 Å². The number of nitrogens with one attached hydrogen (secondary N) is 2. The third-order valence-electron chi connectivity index (χ3n) is 5.66. The number of hydrogen-bond donors (Lipinski definition) is 2. The van der Waals surface area contributed by atoms with Gasteiger partial charge in [0, 0.05) is 23.6 Å². The predicted molar refractivity (Wildman–Crippen MR) is 128 cm³/mol. The van der Waals surface area contributed by atoms with Gasteiger partial charge in [-0.2, -0.15) is 18.3 Å². The summed E-state index contributed by atoms with van der Waals surface area (Å²) in [6.07, 6.45) is -3.79. The monoisotopic (exact) mass is 512 g/mol. The van der Waals surface area contributed by atoms with Gasteiger partial charge in [0.1, 0.15) is 0 Å². The van der Waals surface area contributed by atoms with Gasteiger partial charge in [-0.1, -0.05) is 49.7 Å². The molecule has 0 saturated carbocycles. The summed E-state index contributed by atoms with van der Waals surface area (Å²) >= 11 is 6.47. The van der Waals surface area contributed by atoms with Crippen molar-refractivity contribution in [2.75, 3.05) is 6.54 Å². The second kappa shape index (κ2) is 10.4. The molecule has 1 unspecified atom stereocenters. The van der Waals surface area contributed by atoms with Gasteiger partial charge in [-0.25, -0.2) is 4.68 Å². The number of benzene rings is 2. The van der Waals surface area contributed by atoms with Crippen LogP contribution in [0.5, 0.6) is 0 Å². The third-order valence-corrected chi connectivity index (χ3v) is 5.98. The molecule has 0 aliphatic carbocycles. The van der Waals surface area contributed by atoms with Crippen molar-refractivity contribution in [3.63, 3.8) is 0 Å². The summed E-state index contributed by atoms with van der Waals surface area (Å²) in [5.74, 6) is -0.277. The molecular formula is C24H25Cl2F3N4O. The zero-order valence-corrected chi connectivity index (χ0v) is 20.2. The Kier molecular flexibility index (Phi) is 7.95. The van der Waals surface area contributed by atoms with Gasteiger partial charge in [0.25, 0.3) is 0 Å². The molecule has 10 heteroatoms. The Morgan fingerprint density at radius 1 is 1.18 bits per heavy atom. The molecule has 0 saturated heterocycles. The van der Waals surface area contributed by atoms with Crippen molar-refractivity contribution in [3.8, 4) is 16.9 Å². The molecule has 0 spiro atoms. The van der Waals surface area contributed by atoms with Crippen LogP contribution in [0.15, 0.2) is 48.5 Å². The molecule has 3 aromatic rings. The van der Waals surface area contributed by atoms with E-state index in [0.29, 0.717) is 47.2 Å². The molecule has 1 aliphatic rings. The Morgan fingerprint density at radius 3 is 2.47 bits per heavy atom. The molecule has 1 aliphatic heterocycles. The van der Waals surface area contributed by atoms with E-state index in [0.717, 1.165) is 17.7 Å². The summed E-state index contributed by atoms with van der Waals surface area (Å²) in [6.45, 7) is 4.77. The molecular weight excluding hydrogens is 488 g/mol. The highest BCUT2D eigenvalue weighted by molar-refractivity contribution is 6.32. The number of para-hydroxylation sites is 1. The van der Waals surface area contributed by atoms with Crippen molar-refractivity contribution in [2.45, 2.75) is 39.0 Å². The normalized spacial score (nSPS) is 15.9. The molecule has 2 N–H and O–H groups in total. The highest BCUT2D eigenvalue weighted by Gasteiger charge is 2.32. The Balaban J connectivity index is 0.00000324. The molecule has 2 aromatic carbocycles. The number of rotatable bonds is 4. The number of carbonyl (C=O) groups excluding carboxylic acids is 1. The van der Waals surface area contributed by atoms with Crippen LogP contribution in [0.1, 0.15) is 43.1 Å². The van der Waals surface area contributed by atoms with Crippen molar-refractivity contribution in [2.24, 2.45) is 5.92 Å². The standard InChI is InChI=1S/C24H24ClF3N4O.ClH/c1-14(2)23(33)30-19-11-12-29-13-17-21(19)31-32(20-6-4-3-5-18(20)25)22(17)15-7-9-16(10-8-15)24(26,27)28;/h3-10,14,19,29H,11-13H2,1-2H3,(H,30,33);1H. The van der Waals surface area contributed by atoms with Crippen LogP contribution in [-0.4, -0.2) is 22.2 Å². The van der Waals surface area contributed by atoms with Gasteiger partial charge in [-0.3, -0.25) is 4.79 Å². The molecule has 1 amide bonds. The predicted octanol–water partition coefficient (Wildman–Crippen LogP) is 5.94. The zero-order valence-electron chi connectivity index (χ0n) is 18.6. The van der Waals surface area contributed by atoms with Gasteiger partial charge in [0.2, 0.25) is 5.91 Å². The maximum Gasteiger partial charge on any atom is 0.416 e. The second-order valence-electron chi connectivity index (χ2n) is 8.33. The number of aromatic nitrogens is 2. The van der Waals surface area contributed by atoms with Gasteiger partial charge >= 0.3 is 6.18 Å². The molecule has 4 rings (SSSR count). The quantitative estimate of drug-likeness (QED) is 0.454. The zero-order chi connectivity index (χ0) is 23.8. The number of carbonyl (C=O) groups is 1. The lowest BCUT2D eigenvalue weighted by atomic mass is 10.0. The molecule has 0 bridgehead atoms. The van der Waals surface area contributed by atoms with E-state index < -0.39 is 11.7 Å². The first-order valence-corrected chi connectivity index (χ1v) is 11.1. The lowest BCUT2D eigenvalue weighted by molar-refractivity contribution is -0.137. The van der Waals surface area contributed by atoms with Crippen LogP contribution < -0.4 is 10.6 Å². The first-order chi connectivity index (χ1) is 15.7. The van der Waals surface area contributed by atoms with Crippen molar-refractivity contribution in [3.05, 3.63) is 70.4 Å². The lowest BCUT2D eigenvalue weighted by Gasteiger charge is -2.17. The fourth-order valence-corrected chi connectivity index (χ4v) is 4.12. The van der Waals surface area contributed by atoms with Crippen LogP contribution in [-0.2, 0) is 17.5 Å². The van der Waals surface area contributed by atoms with Crippen molar-refractivity contribution >= 4 is 29.9 Å². The van der Waals surface area contributed by atoms with Crippen molar-refractivity contribution < 1.29 is 18.0 Å². The van der Waals surface area contributed by atoms with Crippen LogP contribution in [0.25, 0.3) is 16.9 Å². The summed E-state index contributed by atoms with van der Waals surface area (Å²) in [5, 5.41) is 11.7. The summed E-state index contributed by atoms with van der Waals surface area (Å²) in [4.78, 5) is 12.5. The number of hydrogen-bond acceptors (Lipinski definition) is 3. The first-order valence-electron chi connectivity index (χ1n) is 10.7. The van der Waals surface area contributed by atoms with Gasteiger partial charge in [0.15, 0.2) is 0 Å². The maximum atomic E-state index is 13.1. The molecule has 0 fully saturated rings. The minimum atomic E-state index is -4.42. The lowest BCUT2D eigenvalue weighted by Crippen LogP contribution is -2.33. The van der Waals surface area contributed by atoms with E-state index in [1.165, 1.54) is 12.1 Å². The van der Waals surface area contributed by atoms with E-state index in [-0.39, 0.29) is 30.3 Å². The van der Waals surface area contributed by atoms with Crippen LogP contribution >= 0.6 is 24.0 Å². The van der Waals surface area contributed by atoms with Crippen LogP contribution in [0.4, 0.5) is 13.2 Å². The SMILES string of the molecule is CC(C)C(=O)NC1CCNCc2c1nn(-c1ccccc1Cl)c2-c1ccc(C(F)(F)F)cc1.Cl. The highest BCUT2D eigenvalue weighted by atomic mass is 35.5. The molecule has 5 nitrogen and oxygen atoms in total. The summed E-state index contributed by atoms with van der Waals surface area (Å²) < 4.78 is 41.1. The molecule has 2 heterocycles. The first kappa shape index (κ1) is 26.1. The largest absolute Gasteiger partial charge is 0.416 e. The van der Waals surface area contributed by atoms with E-state index in [9.17, 15) is 18.0 Å². The van der Waals surface area contributed by atoms with E-state index in [1.54, 1.807) is 22.9 Å². The molecule has 1 atom stereocenters. The number of halogens is 5. The Morgan fingerprint density at radius 2 is 1.85 bits per heavy atom. The number of amides is 1. The third kappa shape index (κ3) is 5.24. The van der Waals surface area contributed by atoms with Crippen LogP contribution in [0.3, 0.4) is 0 Å². The fraction of sp³-hybridized carbons (Fsp3) is 0.333. The van der Waals surface area contributed by atoms with E-state index in [1.807, 2.05) is 19.9 Å². The maximum absolute atomic E-state index is 13.1.